The fraction of sp³-hybridized carbons (Fsp3) is 0.500. The summed E-state index contributed by atoms with van der Waals surface area (Å²) in [5.41, 5.74) is 6.70. The van der Waals surface area contributed by atoms with Crippen LogP contribution in [-0.2, 0) is 15.8 Å². The van der Waals surface area contributed by atoms with E-state index in [-0.39, 0.29) is 11.3 Å². The quantitative estimate of drug-likeness (QED) is 0.802. The molecule has 0 unspecified atom stereocenters. The first-order valence-corrected chi connectivity index (χ1v) is 7.40. The number of nitrogen functional groups attached to an aromatic ring is 1. The molecule has 2 rings (SSSR count). The van der Waals surface area contributed by atoms with Crippen LogP contribution in [0.25, 0.3) is 0 Å². The van der Waals surface area contributed by atoms with E-state index in [9.17, 15) is 8.42 Å². The lowest BCUT2D eigenvalue weighted by atomic mass is 9.80. The maximum absolute atomic E-state index is 12.0. The number of sulfonamides is 1. The highest BCUT2D eigenvalue weighted by Crippen LogP contribution is 2.32. The van der Waals surface area contributed by atoms with Crippen molar-refractivity contribution in [3.63, 3.8) is 0 Å². The lowest BCUT2D eigenvalue weighted by Gasteiger charge is -2.38. The SMILES string of the molecule is CC1(NS(=O)(=O)Cc2cccc(N)c2)CCC1. The van der Waals surface area contributed by atoms with Crippen molar-refractivity contribution in [2.24, 2.45) is 0 Å². The molecule has 0 aromatic heterocycles. The molecule has 94 valence electrons. The molecule has 0 spiro atoms. The van der Waals surface area contributed by atoms with E-state index in [0.717, 1.165) is 24.8 Å². The van der Waals surface area contributed by atoms with Gasteiger partial charge in [-0.3, -0.25) is 0 Å². The van der Waals surface area contributed by atoms with Crippen molar-refractivity contribution in [2.45, 2.75) is 37.5 Å². The minimum atomic E-state index is -3.28. The summed E-state index contributed by atoms with van der Waals surface area (Å²) < 4.78 is 26.7. The third-order valence-corrected chi connectivity index (χ3v) is 4.68. The Morgan fingerprint density at radius 1 is 1.41 bits per heavy atom. The highest BCUT2D eigenvalue weighted by molar-refractivity contribution is 7.88. The highest BCUT2D eigenvalue weighted by atomic mass is 32.2. The fourth-order valence-corrected chi connectivity index (χ4v) is 3.77. The zero-order chi connectivity index (χ0) is 12.5. The Labute approximate surface area is 102 Å². The van der Waals surface area contributed by atoms with Gasteiger partial charge in [-0.2, -0.15) is 0 Å². The van der Waals surface area contributed by atoms with Crippen molar-refractivity contribution in [2.75, 3.05) is 5.73 Å². The Morgan fingerprint density at radius 3 is 2.65 bits per heavy atom. The van der Waals surface area contributed by atoms with Gasteiger partial charge < -0.3 is 5.73 Å². The maximum Gasteiger partial charge on any atom is 0.216 e. The average molecular weight is 254 g/mol. The summed E-state index contributed by atoms with van der Waals surface area (Å²) in [6.45, 7) is 1.95. The zero-order valence-corrected chi connectivity index (χ0v) is 10.8. The Bertz CT molecular complexity index is 507. The molecule has 0 aliphatic heterocycles. The number of nitrogens with one attached hydrogen (secondary N) is 1. The molecule has 0 saturated heterocycles. The van der Waals surface area contributed by atoms with Crippen LogP contribution < -0.4 is 10.5 Å². The molecule has 0 bridgehead atoms. The molecule has 1 aliphatic carbocycles. The highest BCUT2D eigenvalue weighted by Gasteiger charge is 2.35. The summed E-state index contributed by atoms with van der Waals surface area (Å²) in [5.74, 6) is -0.00632. The minimum Gasteiger partial charge on any atom is -0.399 e. The van der Waals surface area contributed by atoms with Gasteiger partial charge in [0.25, 0.3) is 0 Å². The van der Waals surface area contributed by atoms with Gasteiger partial charge in [-0.1, -0.05) is 12.1 Å². The first-order valence-electron chi connectivity index (χ1n) is 5.75. The molecular weight excluding hydrogens is 236 g/mol. The molecule has 17 heavy (non-hydrogen) atoms. The lowest BCUT2D eigenvalue weighted by molar-refractivity contribution is 0.248. The van der Waals surface area contributed by atoms with Crippen molar-refractivity contribution in [1.29, 1.82) is 0 Å². The van der Waals surface area contributed by atoms with Crippen molar-refractivity contribution < 1.29 is 8.42 Å². The third kappa shape index (κ3) is 3.20. The van der Waals surface area contributed by atoms with Crippen LogP contribution in [0.3, 0.4) is 0 Å². The van der Waals surface area contributed by atoms with Crippen LogP contribution in [0.15, 0.2) is 24.3 Å². The number of hydrogen-bond acceptors (Lipinski definition) is 3. The van der Waals surface area contributed by atoms with Gasteiger partial charge in [0.05, 0.1) is 5.75 Å². The van der Waals surface area contributed by atoms with E-state index in [1.54, 1.807) is 24.3 Å². The Balaban J connectivity index is 2.07. The van der Waals surface area contributed by atoms with Crippen LogP contribution in [-0.4, -0.2) is 14.0 Å². The number of nitrogens with two attached hydrogens (primary N) is 1. The second-order valence-corrected chi connectivity index (χ2v) is 6.74. The Kier molecular flexibility index (Phi) is 3.14. The minimum absolute atomic E-state index is 0.00632. The number of hydrogen-bond donors (Lipinski definition) is 2. The largest absolute Gasteiger partial charge is 0.399 e. The van der Waals surface area contributed by atoms with E-state index in [1.165, 1.54) is 0 Å². The third-order valence-electron chi connectivity index (χ3n) is 3.17. The van der Waals surface area contributed by atoms with Crippen molar-refractivity contribution >= 4 is 15.7 Å². The van der Waals surface area contributed by atoms with Gasteiger partial charge in [0, 0.05) is 11.2 Å². The monoisotopic (exact) mass is 254 g/mol. The van der Waals surface area contributed by atoms with Crippen molar-refractivity contribution in [1.82, 2.24) is 4.72 Å². The molecule has 0 radical (unpaired) electrons. The van der Waals surface area contributed by atoms with E-state index in [1.807, 2.05) is 6.92 Å². The van der Waals surface area contributed by atoms with Gasteiger partial charge in [-0.15, -0.1) is 0 Å². The molecule has 1 saturated carbocycles. The Morgan fingerprint density at radius 2 is 2.12 bits per heavy atom. The normalized spacial score (nSPS) is 18.6. The molecular formula is C12H18N2O2S. The first-order chi connectivity index (χ1) is 7.89. The summed E-state index contributed by atoms with van der Waals surface area (Å²) in [5, 5.41) is 0. The van der Waals surface area contributed by atoms with E-state index in [0.29, 0.717) is 5.69 Å². The second kappa shape index (κ2) is 4.31. The summed E-state index contributed by atoms with van der Waals surface area (Å²) in [6, 6.07) is 6.99. The molecule has 0 amide bonds. The molecule has 3 N–H and O–H groups in total. The van der Waals surface area contributed by atoms with Crippen LogP contribution in [0.4, 0.5) is 5.69 Å². The second-order valence-electron chi connectivity index (χ2n) is 5.02. The number of anilines is 1. The van der Waals surface area contributed by atoms with E-state index in [4.69, 9.17) is 5.73 Å². The molecule has 1 aliphatic rings. The predicted molar refractivity (Wildman–Crippen MR) is 68.9 cm³/mol. The zero-order valence-electron chi connectivity index (χ0n) is 9.94. The van der Waals surface area contributed by atoms with Crippen LogP contribution >= 0.6 is 0 Å². The topological polar surface area (TPSA) is 72.2 Å². The lowest BCUT2D eigenvalue weighted by Crippen LogP contribution is -2.51. The molecule has 5 heteroatoms. The molecule has 4 nitrogen and oxygen atoms in total. The number of rotatable bonds is 4. The molecule has 0 heterocycles. The van der Waals surface area contributed by atoms with E-state index < -0.39 is 10.0 Å². The first kappa shape index (κ1) is 12.4. The van der Waals surface area contributed by atoms with Gasteiger partial charge in [0.15, 0.2) is 0 Å². The van der Waals surface area contributed by atoms with Crippen molar-refractivity contribution in [3.05, 3.63) is 29.8 Å². The molecule has 1 aromatic carbocycles. The predicted octanol–water partition coefficient (Wildman–Crippen LogP) is 1.63. The summed E-state index contributed by atoms with van der Waals surface area (Å²) in [6.07, 6.45) is 2.93. The average Bonchev–Trinajstić information content (AvgIpc) is 2.13. The molecule has 0 atom stereocenters. The maximum atomic E-state index is 12.0. The summed E-state index contributed by atoms with van der Waals surface area (Å²) >= 11 is 0. The molecule has 1 aromatic rings. The van der Waals surface area contributed by atoms with Crippen LogP contribution in [0.1, 0.15) is 31.7 Å². The fourth-order valence-electron chi connectivity index (χ4n) is 2.12. The van der Waals surface area contributed by atoms with Gasteiger partial charge >= 0.3 is 0 Å². The standard InChI is InChI=1S/C12H18N2O2S/c1-12(6-3-7-12)14-17(15,16)9-10-4-2-5-11(13)8-10/h2,4-5,8,14H,3,6-7,9,13H2,1H3. The van der Waals surface area contributed by atoms with Gasteiger partial charge in [-0.05, 0) is 43.9 Å². The van der Waals surface area contributed by atoms with Gasteiger partial charge in [0.2, 0.25) is 10.0 Å². The van der Waals surface area contributed by atoms with Crippen molar-refractivity contribution in [3.8, 4) is 0 Å². The smallest absolute Gasteiger partial charge is 0.216 e. The van der Waals surface area contributed by atoms with E-state index in [2.05, 4.69) is 4.72 Å². The van der Waals surface area contributed by atoms with Crippen LogP contribution in [0, 0.1) is 0 Å². The summed E-state index contributed by atoms with van der Waals surface area (Å²) in [7, 11) is -3.28. The van der Waals surface area contributed by atoms with E-state index >= 15 is 0 Å². The van der Waals surface area contributed by atoms with Crippen LogP contribution in [0.2, 0.25) is 0 Å². The van der Waals surface area contributed by atoms with Crippen LogP contribution in [0.5, 0.6) is 0 Å². The van der Waals surface area contributed by atoms with Gasteiger partial charge in [-0.25, -0.2) is 13.1 Å². The Hall–Kier alpha value is -1.07. The summed E-state index contributed by atoms with van der Waals surface area (Å²) in [4.78, 5) is 0. The van der Waals surface area contributed by atoms with Gasteiger partial charge in [0.1, 0.15) is 0 Å². The molecule has 1 fully saturated rings. The number of benzene rings is 1.